The Balaban J connectivity index is 1.71. The minimum absolute atomic E-state index is 0.328. The molecule has 0 fully saturated rings. The predicted molar refractivity (Wildman–Crippen MR) is 108 cm³/mol. The van der Waals surface area contributed by atoms with Crippen LogP contribution in [0.5, 0.6) is 0 Å². The lowest BCUT2D eigenvalue weighted by Gasteiger charge is -2.16. The molecule has 8 heteroatoms. The molecule has 0 saturated carbocycles. The van der Waals surface area contributed by atoms with Crippen LogP contribution in [-0.4, -0.2) is 27.7 Å². The molecule has 7 nitrogen and oxygen atoms in total. The Morgan fingerprint density at radius 2 is 2.18 bits per heavy atom. The zero-order valence-electron chi connectivity index (χ0n) is 14.6. The van der Waals surface area contributed by atoms with Gasteiger partial charge < -0.3 is 10.4 Å². The Kier molecular flexibility index (Phi) is 5.97. The summed E-state index contributed by atoms with van der Waals surface area (Å²) >= 11 is 1.24. The molecule has 0 spiro atoms. The third kappa shape index (κ3) is 4.33. The van der Waals surface area contributed by atoms with Gasteiger partial charge in [-0.25, -0.2) is 14.6 Å². The van der Waals surface area contributed by atoms with Gasteiger partial charge in [-0.15, -0.1) is 17.8 Å². The Labute approximate surface area is 165 Å². The van der Waals surface area contributed by atoms with Crippen LogP contribution in [0.15, 0.2) is 48.0 Å². The summed E-state index contributed by atoms with van der Waals surface area (Å²) < 4.78 is 0. The van der Waals surface area contributed by atoms with Crippen molar-refractivity contribution >= 4 is 28.9 Å². The van der Waals surface area contributed by atoms with Crippen LogP contribution in [0.3, 0.4) is 0 Å². The van der Waals surface area contributed by atoms with Crippen LogP contribution in [0.25, 0.3) is 16.0 Å². The first kappa shape index (κ1) is 19.1. The molecule has 1 aromatic carbocycles. The van der Waals surface area contributed by atoms with Crippen LogP contribution in [0.1, 0.15) is 16.7 Å². The minimum atomic E-state index is -0.698. The van der Waals surface area contributed by atoms with Gasteiger partial charge in [0.05, 0.1) is 24.9 Å². The number of terminal acetylenes is 1. The Morgan fingerprint density at radius 3 is 2.82 bits per heavy atom. The van der Waals surface area contributed by atoms with Crippen LogP contribution in [0, 0.1) is 18.9 Å². The lowest BCUT2D eigenvalue weighted by Crippen LogP contribution is -2.34. The first-order valence-corrected chi connectivity index (χ1v) is 9.06. The summed E-state index contributed by atoms with van der Waals surface area (Å²) in [5.74, 6) is 2.73. The average molecular weight is 389 g/mol. The number of hydrogen-bond donors (Lipinski definition) is 3. The molecule has 0 unspecified atom stereocenters. The minimum Gasteiger partial charge on any atom is -0.394 e. The number of pyridine rings is 1. The van der Waals surface area contributed by atoms with E-state index >= 15 is 0 Å². The number of carbonyl (C=O) groups excluding carboxylic acids is 1. The number of thiazole rings is 1. The van der Waals surface area contributed by atoms with Crippen molar-refractivity contribution < 1.29 is 9.90 Å². The number of amides is 2. The van der Waals surface area contributed by atoms with E-state index in [9.17, 15) is 9.90 Å². The number of urea groups is 1. The molecule has 138 valence electrons. The molecule has 0 aliphatic heterocycles. The zero-order valence-corrected chi connectivity index (χ0v) is 15.4. The van der Waals surface area contributed by atoms with Crippen LogP contribution < -0.4 is 10.6 Å². The van der Waals surface area contributed by atoms with Crippen molar-refractivity contribution in [3.63, 3.8) is 0 Å². The van der Waals surface area contributed by atoms with E-state index in [4.69, 9.17) is 13.0 Å². The van der Waals surface area contributed by atoms with Crippen molar-refractivity contribution in [1.29, 1.82) is 0 Å². The van der Waals surface area contributed by atoms with Crippen molar-refractivity contribution in [2.45, 2.75) is 6.04 Å². The fraction of sp³-hybridized carbons (Fsp3) is 0.100. The smallest absolute Gasteiger partial charge is 0.321 e. The van der Waals surface area contributed by atoms with Gasteiger partial charge in [0.2, 0.25) is 0 Å². The first-order chi connectivity index (χ1) is 13.6. The molecule has 2 aromatic heterocycles. The zero-order chi connectivity index (χ0) is 19.9. The van der Waals surface area contributed by atoms with Crippen LogP contribution in [0.4, 0.5) is 16.3 Å². The van der Waals surface area contributed by atoms with Gasteiger partial charge >= 0.3 is 6.03 Å². The quantitative estimate of drug-likeness (QED) is 0.459. The number of anilines is 1. The van der Waals surface area contributed by atoms with E-state index in [-0.39, 0.29) is 6.61 Å². The lowest BCUT2D eigenvalue weighted by atomic mass is 10.0. The van der Waals surface area contributed by atoms with Gasteiger partial charge in [-0.3, -0.25) is 10.3 Å². The molecule has 3 aromatic rings. The highest BCUT2D eigenvalue weighted by Crippen LogP contribution is 2.30. The largest absolute Gasteiger partial charge is 0.394 e. The summed E-state index contributed by atoms with van der Waals surface area (Å²) in [5.41, 5.74) is 2.57. The molecule has 0 saturated heterocycles. The maximum absolute atomic E-state index is 12.1. The molecule has 0 radical (unpaired) electrons. The Morgan fingerprint density at radius 1 is 1.36 bits per heavy atom. The SMILES string of the molecule is [C-]#[N+]c1ccccc1-c1ccc([C@H](CO)NC(=O)Nc2csc(C#C)n2)nc1. The van der Waals surface area contributed by atoms with Gasteiger partial charge in [-0.2, -0.15) is 0 Å². The number of carbonyl (C=O) groups is 1. The van der Waals surface area contributed by atoms with E-state index in [1.807, 2.05) is 12.1 Å². The molecular weight excluding hydrogens is 374 g/mol. The number of hydrogen-bond acceptors (Lipinski definition) is 5. The van der Waals surface area contributed by atoms with Crippen molar-refractivity contribution in [3.8, 4) is 23.5 Å². The molecular formula is C20H15N5O2S. The number of para-hydroxylation sites is 1. The topological polar surface area (TPSA) is 91.5 Å². The van der Waals surface area contributed by atoms with E-state index in [0.29, 0.717) is 22.2 Å². The highest BCUT2D eigenvalue weighted by molar-refractivity contribution is 7.10. The van der Waals surface area contributed by atoms with Crippen molar-refractivity contribution in [2.75, 3.05) is 11.9 Å². The van der Waals surface area contributed by atoms with Crippen molar-refractivity contribution in [3.05, 3.63) is 70.1 Å². The van der Waals surface area contributed by atoms with E-state index in [1.54, 1.807) is 35.8 Å². The summed E-state index contributed by atoms with van der Waals surface area (Å²) in [7, 11) is 0. The van der Waals surface area contributed by atoms with Gasteiger partial charge in [0.1, 0.15) is 5.82 Å². The molecule has 2 heterocycles. The number of aromatic nitrogens is 2. The normalized spacial score (nSPS) is 11.1. The third-order valence-electron chi connectivity index (χ3n) is 3.84. The van der Waals surface area contributed by atoms with E-state index < -0.39 is 12.1 Å². The van der Waals surface area contributed by atoms with Crippen LogP contribution in [0.2, 0.25) is 0 Å². The van der Waals surface area contributed by atoms with Crippen molar-refractivity contribution in [1.82, 2.24) is 15.3 Å². The van der Waals surface area contributed by atoms with E-state index in [1.165, 1.54) is 11.3 Å². The molecule has 0 aliphatic rings. The second-order valence-corrected chi connectivity index (χ2v) is 6.47. The van der Waals surface area contributed by atoms with Gasteiger partial charge in [0, 0.05) is 11.6 Å². The summed E-state index contributed by atoms with van der Waals surface area (Å²) in [6.07, 6.45) is 6.87. The molecule has 0 aliphatic carbocycles. The Hall–Kier alpha value is -3.72. The molecule has 2 amide bonds. The van der Waals surface area contributed by atoms with Crippen LogP contribution in [-0.2, 0) is 0 Å². The number of rotatable bonds is 5. The lowest BCUT2D eigenvalue weighted by molar-refractivity contribution is 0.224. The fourth-order valence-corrected chi connectivity index (χ4v) is 3.06. The van der Waals surface area contributed by atoms with Gasteiger partial charge in [0.25, 0.3) is 0 Å². The molecule has 0 bridgehead atoms. The maximum atomic E-state index is 12.1. The second kappa shape index (κ2) is 8.78. The van der Waals surface area contributed by atoms with E-state index in [0.717, 1.165) is 11.1 Å². The fourth-order valence-electron chi connectivity index (χ4n) is 2.51. The highest BCUT2D eigenvalue weighted by atomic mass is 32.1. The molecule has 3 rings (SSSR count). The summed E-state index contributed by atoms with van der Waals surface area (Å²) in [4.78, 5) is 24.0. The Bertz CT molecular complexity index is 1060. The maximum Gasteiger partial charge on any atom is 0.321 e. The third-order valence-corrected chi connectivity index (χ3v) is 4.61. The van der Waals surface area contributed by atoms with Gasteiger partial charge in [-0.1, -0.05) is 30.3 Å². The van der Waals surface area contributed by atoms with E-state index in [2.05, 4.69) is 31.4 Å². The summed E-state index contributed by atoms with van der Waals surface area (Å²) in [6, 6.07) is 9.51. The number of aliphatic hydroxyl groups is 1. The molecule has 3 N–H and O–H groups in total. The number of aliphatic hydroxyl groups excluding tert-OH is 1. The predicted octanol–water partition coefficient (Wildman–Crippen LogP) is 3.59. The number of benzene rings is 1. The van der Waals surface area contributed by atoms with Crippen molar-refractivity contribution in [2.24, 2.45) is 0 Å². The molecule has 28 heavy (non-hydrogen) atoms. The summed E-state index contributed by atoms with van der Waals surface area (Å²) in [6.45, 7) is 6.93. The molecule has 1 atom stereocenters. The van der Waals surface area contributed by atoms with Gasteiger partial charge in [0.15, 0.2) is 10.7 Å². The van der Waals surface area contributed by atoms with Gasteiger partial charge in [-0.05, 0) is 23.1 Å². The summed E-state index contributed by atoms with van der Waals surface area (Å²) in [5, 5.41) is 16.9. The van der Waals surface area contributed by atoms with Crippen LogP contribution >= 0.6 is 11.3 Å². The highest BCUT2D eigenvalue weighted by Gasteiger charge is 2.16. The number of nitrogens with zero attached hydrogens (tertiary/aromatic N) is 3. The average Bonchev–Trinajstić information content (AvgIpc) is 3.19. The second-order valence-electron chi connectivity index (χ2n) is 5.62. The standard InChI is InChI=1S/C20H15N5O2S/c1-3-19-24-18(12-28-19)25-20(27)23-17(11-26)16-9-8-13(10-22-16)14-6-4-5-7-15(14)21-2/h1,4-10,12,17,26H,11H2,(H2,23,25,27)/t17-/m0/s1. The monoisotopic (exact) mass is 389 g/mol. The number of nitrogens with one attached hydrogen (secondary N) is 2. The first-order valence-electron chi connectivity index (χ1n) is 8.18.